The van der Waals surface area contributed by atoms with Crippen molar-refractivity contribution in [3.8, 4) is 0 Å². The van der Waals surface area contributed by atoms with Crippen molar-refractivity contribution in [3.63, 3.8) is 0 Å². The lowest BCUT2D eigenvalue weighted by Gasteiger charge is -2.12. The summed E-state index contributed by atoms with van der Waals surface area (Å²) in [6, 6.07) is 4.09. The van der Waals surface area contributed by atoms with Crippen LogP contribution in [-0.4, -0.2) is 30.9 Å². The fraction of sp³-hybridized carbons (Fsp3) is 0.444. The Balaban J connectivity index is 2.18. The average Bonchev–Trinajstić information content (AvgIpc) is 2.69. The molecule has 0 atom stereocenters. The number of thioether (sulfide) groups is 1. The van der Waals surface area contributed by atoms with Crippen LogP contribution in [0.3, 0.4) is 0 Å². The van der Waals surface area contributed by atoms with Crippen LogP contribution < -0.4 is 0 Å². The molecule has 14 heavy (non-hydrogen) atoms. The van der Waals surface area contributed by atoms with E-state index in [1.54, 1.807) is 30.1 Å². The van der Waals surface area contributed by atoms with E-state index in [1.165, 1.54) is 17.1 Å². The highest BCUT2D eigenvalue weighted by molar-refractivity contribution is 7.99. The van der Waals surface area contributed by atoms with E-state index in [9.17, 15) is 4.79 Å². The van der Waals surface area contributed by atoms with Crippen LogP contribution in [0.2, 0.25) is 0 Å². The Bertz CT molecular complexity index is 274. The topological polar surface area (TPSA) is 29.5 Å². The van der Waals surface area contributed by atoms with E-state index < -0.39 is 0 Å². The first-order valence-electron chi connectivity index (χ1n) is 4.15. The second-order valence-corrected chi connectivity index (χ2v) is 4.66. The van der Waals surface area contributed by atoms with Crippen molar-refractivity contribution < 1.29 is 9.63 Å². The maximum Gasteiger partial charge on any atom is 0.255 e. The molecule has 0 aliphatic rings. The van der Waals surface area contributed by atoms with Crippen molar-refractivity contribution in [1.29, 1.82) is 0 Å². The van der Waals surface area contributed by atoms with E-state index in [0.29, 0.717) is 5.75 Å². The zero-order valence-electron chi connectivity index (χ0n) is 8.23. The molecule has 0 saturated heterocycles. The molecule has 0 spiro atoms. The normalized spacial score (nSPS) is 10.1. The van der Waals surface area contributed by atoms with Gasteiger partial charge in [-0.05, 0) is 11.4 Å². The molecule has 1 aromatic rings. The van der Waals surface area contributed by atoms with Gasteiger partial charge >= 0.3 is 0 Å². The Morgan fingerprint density at radius 1 is 1.71 bits per heavy atom. The monoisotopic (exact) mass is 231 g/mol. The molecule has 0 N–H and O–H groups in total. The van der Waals surface area contributed by atoms with Crippen LogP contribution in [0.5, 0.6) is 0 Å². The SMILES string of the molecule is CON(C)C(=O)CSCc1cccs1. The van der Waals surface area contributed by atoms with Crippen LogP contribution >= 0.6 is 23.1 Å². The Morgan fingerprint density at radius 2 is 2.50 bits per heavy atom. The summed E-state index contributed by atoms with van der Waals surface area (Å²) in [7, 11) is 3.11. The number of thiophene rings is 1. The first-order valence-corrected chi connectivity index (χ1v) is 6.18. The lowest BCUT2D eigenvalue weighted by Crippen LogP contribution is -2.26. The largest absolute Gasteiger partial charge is 0.275 e. The fourth-order valence-electron chi connectivity index (χ4n) is 0.826. The first kappa shape index (κ1) is 11.6. The van der Waals surface area contributed by atoms with Crippen LogP contribution in [0, 0.1) is 0 Å². The van der Waals surface area contributed by atoms with Gasteiger partial charge in [0.1, 0.15) is 0 Å². The molecule has 0 aliphatic heterocycles. The van der Waals surface area contributed by atoms with Gasteiger partial charge in [-0.1, -0.05) is 6.07 Å². The van der Waals surface area contributed by atoms with Gasteiger partial charge in [-0.2, -0.15) is 0 Å². The van der Waals surface area contributed by atoms with E-state index in [2.05, 4.69) is 6.07 Å². The summed E-state index contributed by atoms with van der Waals surface area (Å²) in [4.78, 5) is 17.4. The minimum absolute atomic E-state index is 0.00550. The quantitative estimate of drug-likeness (QED) is 0.726. The molecule has 0 aliphatic carbocycles. The van der Waals surface area contributed by atoms with Crippen LogP contribution in [0.15, 0.2) is 17.5 Å². The summed E-state index contributed by atoms with van der Waals surface area (Å²) >= 11 is 3.31. The van der Waals surface area contributed by atoms with Crippen LogP contribution in [0.4, 0.5) is 0 Å². The number of nitrogens with zero attached hydrogens (tertiary/aromatic N) is 1. The number of carbonyl (C=O) groups is 1. The molecule has 0 fully saturated rings. The van der Waals surface area contributed by atoms with E-state index in [1.807, 2.05) is 11.4 Å². The zero-order valence-corrected chi connectivity index (χ0v) is 9.86. The van der Waals surface area contributed by atoms with Crippen LogP contribution in [-0.2, 0) is 15.4 Å². The molecular formula is C9H13NO2S2. The molecule has 1 rings (SSSR count). The Labute approximate surface area is 92.0 Å². The average molecular weight is 231 g/mol. The summed E-state index contributed by atoms with van der Waals surface area (Å²) in [6.45, 7) is 0. The minimum Gasteiger partial charge on any atom is -0.275 e. The van der Waals surface area contributed by atoms with Gasteiger partial charge in [0.05, 0.1) is 12.9 Å². The Kier molecular flexibility index (Phi) is 5.00. The van der Waals surface area contributed by atoms with Gasteiger partial charge in [-0.25, -0.2) is 5.06 Å². The summed E-state index contributed by atoms with van der Waals surface area (Å²) in [5, 5.41) is 3.29. The highest BCUT2D eigenvalue weighted by Crippen LogP contribution is 2.17. The number of hydrogen-bond donors (Lipinski definition) is 0. The van der Waals surface area contributed by atoms with E-state index in [-0.39, 0.29) is 5.91 Å². The molecule has 0 saturated carbocycles. The van der Waals surface area contributed by atoms with Gasteiger partial charge in [-0.15, -0.1) is 23.1 Å². The number of rotatable bonds is 5. The van der Waals surface area contributed by atoms with Gasteiger partial charge in [-0.3, -0.25) is 9.63 Å². The van der Waals surface area contributed by atoms with Gasteiger partial charge in [0.2, 0.25) is 0 Å². The van der Waals surface area contributed by atoms with Gasteiger partial charge in [0.15, 0.2) is 0 Å². The number of hydroxylamine groups is 2. The molecule has 78 valence electrons. The molecular weight excluding hydrogens is 218 g/mol. The number of hydrogen-bond acceptors (Lipinski definition) is 4. The molecule has 0 bridgehead atoms. The van der Waals surface area contributed by atoms with Crippen molar-refractivity contribution in [3.05, 3.63) is 22.4 Å². The first-order chi connectivity index (χ1) is 6.74. The molecule has 1 amide bonds. The summed E-state index contributed by atoms with van der Waals surface area (Å²) in [6.07, 6.45) is 0. The molecule has 0 unspecified atom stereocenters. The Morgan fingerprint density at radius 3 is 3.07 bits per heavy atom. The van der Waals surface area contributed by atoms with Gasteiger partial charge in [0.25, 0.3) is 5.91 Å². The maximum absolute atomic E-state index is 11.3. The van der Waals surface area contributed by atoms with E-state index >= 15 is 0 Å². The fourth-order valence-corrected chi connectivity index (χ4v) is 2.59. The van der Waals surface area contributed by atoms with Crippen molar-refractivity contribution >= 4 is 29.0 Å². The van der Waals surface area contributed by atoms with E-state index in [4.69, 9.17) is 4.84 Å². The second-order valence-electron chi connectivity index (χ2n) is 2.65. The Hall–Kier alpha value is -0.520. The van der Waals surface area contributed by atoms with E-state index in [0.717, 1.165) is 5.75 Å². The lowest BCUT2D eigenvalue weighted by atomic mass is 10.5. The van der Waals surface area contributed by atoms with Crippen molar-refractivity contribution in [2.75, 3.05) is 19.9 Å². The highest BCUT2D eigenvalue weighted by atomic mass is 32.2. The molecule has 1 heterocycles. The van der Waals surface area contributed by atoms with Gasteiger partial charge < -0.3 is 0 Å². The zero-order chi connectivity index (χ0) is 10.4. The van der Waals surface area contributed by atoms with Crippen molar-refractivity contribution in [2.45, 2.75) is 5.75 Å². The van der Waals surface area contributed by atoms with Crippen LogP contribution in [0.1, 0.15) is 4.88 Å². The highest BCUT2D eigenvalue weighted by Gasteiger charge is 2.07. The molecule has 1 aromatic heterocycles. The third-order valence-electron chi connectivity index (χ3n) is 1.68. The number of amides is 1. The summed E-state index contributed by atoms with van der Waals surface area (Å²) < 4.78 is 0. The third kappa shape index (κ3) is 3.69. The lowest BCUT2D eigenvalue weighted by molar-refractivity contribution is -0.165. The summed E-state index contributed by atoms with van der Waals surface area (Å²) in [5.74, 6) is 1.34. The van der Waals surface area contributed by atoms with Gasteiger partial charge in [0, 0.05) is 17.7 Å². The molecule has 0 aromatic carbocycles. The number of carbonyl (C=O) groups excluding carboxylic acids is 1. The molecule has 3 nitrogen and oxygen atoms in total. The predicted molar refractivity (Wildman–Crippen MR) is 60.3 cm³/mol. The van der Waals surface area contributed by atoms with Crippen LogP contribution in [0.25, 0.3) is 0 Å². The maximum atomic E-state index is 11.3. The minimum atomic E-state index is -0.00550. The van der Waals surface area contributed by atoms with Crippen molar-refractivity contribution in [1.82, 2.24) is 5.06 Å². The summed E-state index contributed by atoms with van der Waals surface area (Å²) in [5.41, 5.74) is 0. The standard InChI is InChI=1S/C9H13NO2S2/c1-10(12-2)9(11)7-13-6-8-4-3-5-14-8/h3-5H,6-7H2,1-2H3. The third-order valence-corrected chi connectivity index (χ3v) is 3.70. The predicted octanol–water partition coefficient (Wildman–Crippen LogP) is 2.00. The molecule has 0 radical (unpaired) electrons. The van der Waals surface area contributed by atoms with Crippen molar-refractivity contribution in [2.24, 2.45) is 0 Å². The molecule has 5 heteroatoms. The second kappa shape index (κ2) is 6.06. The smallest absolute Gasteiger partial charge is 0.255 e.